The van der Waals surface area contributed by atoms with E-state index in [4.69, 9.17) is 14.2 Å². The Morgan fingerprint density at radius 3 is 1.93 bits per heavy atom. The number of benzene rings is 2. The van der Waals surface area contributed by atoms with Gasteiger partial charge in [-0.25, -0.2) is 4.79 Å². The summed E-state index contributed by atoms with van der Waals surface area (Å²) in [7, 11) is 0. The van der Waals surface area contributed by atoms with Crippen LogP contribution in [0.3, 0.4) is 0 Å². The standard InChI is InChI=1S/C17H8F6O4/c18-16(19,20)8-1-7(2-9(3-8)17(21,22)23)14-10-4-12-13(26-6-25-12)5-11(10)15(24)27-14/h1-5,14H,6H2. The van der Waals surface area contributed by atoms with Gasteiger partial charge in [-0.3, -0.25) is 0 Å². The maximum Gasteiger partial charge on any atom is 0.416 e. The predicted octanol–water partition coefficient (Wildman–Crippen LogP) is 4.71. The van der Waals surface area contributed by atoms with E-state index in [0.717, 1.165) is 0 Å². The number of carbonyl (C=O) groups excluding carboxylic acids is 1. The highest BCUT2D eigenvalue weighted by atomic mass is 19.4. The maximum absolute atomic E-state index is 13.1. The second kappa shape index (κ2) is 5.54. The van der Waals surface area contributed by atoms with Crippen LogP contribution >= 0.6 is 0 Å². The van der Waals surface area contributed by atoms with Crippen molar-refractivity contribution in [2.24, 2.45) is 0 Å². The Hall–Kier alpha value is -2.91. The molecule has 0 bridgehead atoms. The van der Waals surface area contributed by atoms with Gasteiger partial charge in [0.25, 0.3) is 0 Å². The summed E-state index contributed by atoms with van der Waals surface area (Å²) in [6.45, 7) is -0.111. The van der Waals surface area contributed by atoms with Crippen molar-refractivity contribution >= 4 is 5.97 Å². The molecule has 142 valence electrons. The van der Waals surface area contributed by atoms with Crippen molar-refractivity contribution in [1.29, 1.82) is 0 Å². The van der Waals surface area contributed by atoms with Gasteiger partial charge >= 0.3 is 18.3 Å². The molecule has 0 saturated heterocycles. The third-order valence-electron chi connectivity index (χ3n) is 4.18. The minimum atomic E-state index is -5.00. The first-order valence-corrected chi connectivity index (χ1v) is 7.48. The third-order valence-corrected chi connectivity index (χ3v) is 4.18. The van der Waals surface area contributed by atoms with Crippen LogP contribution in [0, 0.1) is 0 Å². The highest BCUT2D eigenvalue weighted by molar-refractivity contribution is 5.95. The number of ether oxygens (including phenoxy) is 3. The highest BCUT2D eigenvalue weighted by Crippen LogP contribution is 2.45. The van der Waals surface area contributed by atoms with E-state index in [1.807, 2.05) is 0 Å². The van der Waals surface area contributed by atoms with E-state index >= 15 is 0 Å². The molecule has 2 aliphatic rings. The lowest BCUT2D eigenvalue weighted by Gasteiger charge is -2.17. The Labute approximate surface area is 147 Å². The molecule has 0 aliphatic carbocycles. The molecule has 2 aromatic rings. The van der Waals surface area contributed by atoms with Crippen LogP contribution in [-0.2, 0) is 17.1 Å². The fraction of sp³-hybridized carbons (Fsp3) is 0.235. The van der Waals surface area contributed by atoms with E-state index in [1.54, 1.807) is 0 Å². The molecule has 0 saturated carbocycles. The number of hydrogen-bond donors (Lipinski definition) is 0. The number of rotatable bonds is 1. The van der Waals surface area contributed by atoms with Gasteiger partial charge in [0.1, 0.15) is 0 Å². The lowest BCUT2D eigenvalue weighted by Crippen LogP contribution is -2.13. The number of carbonyl (C=O) groups is 1. The zero-order chi connectivity index (χ0) is 19.6. The van der Waals surface area contributed by atoms with Crippen LogP contribution in [0.1, 0.15) is 38.7 Å². The van der Waals surface area contributed by atoms with E-state index in [-0.39, 0.29) is 35.5 Å². The Morgan fingerprint density at radius 2 is 1.37 bits per heavy atom. The Balaban J connectivity index is 1.87. The minimum absolute atomic E-state index is 0.00443. The fourth-order valence-corrected chi connectivity index (χ4v) is 2.96. The lowest BCUT2D eigenvalue weighted by atomic mass is 9.95. The number of alkyl halides is 6. The van der Waals surface area contributed by atoms with E-state index in [1.165, 1.54) is 12.1 Å². The number of esters is 1. The summed E-state index contributed by atoms with van der Waals surface area (Å²) >= 11 is 0. The molecule has 10 heteroatoms. The van der Waals surface area contributed by atoms with Gasteiger partial charge in [-0.05, 0) is 35.9 Å². The predicted molar refractivity (Wildman–Crippen MR) is 76.3 cm³/mol. The highest BCUT2D eigenvalue weighted by Gasteiger charge is 2.40. The molecule has 2 aromatic carbocycles. The van der Waals surface area contributed by atoms with Crippen molar-refractivity contribution in [1.82, 2.24) is 0 Å². The summed E-state index contributed by atoms with van der Waals surface area (Å²) in [6, 6.07) is 3.69. The molecule has 0 amide bonds. The zero-order valence-corrected chi connectivity index (χ0v) is 13.1. The molecule has 0 spiro atoms. The Bertz CT molecular complexity index is 915. The number of cyclic esters (lactones) is 1. The quantitative estimate of drug-likeness (QED) is 0.523. The molecule has 2 aliphatic heterocycles. The van der Waals surface area contributed by atoms with Crippen molar-refractivity contribution in [3.63, 3.8) is 0 Å². The molecular weight excluding hydrogens is 382 g/mol. The van der Waals surface area contributed by atoms with Gasteiger partial charge in [0.15, 0.2) is 17.6 Å². The molecule has 4 rings (SSSR count). The van der Waals surface area contributed by atoms with Gasteiger partial charge in [0, 0.05) is 5.56 Å². The Kier molecular flexibility index (Phi) is 3.59. The van der Waals surface area contributed by atoms with E-state index < -0.39 is 41.1 Å². The van der Waals surface area contributed by atoms with Crippen LogP contribution in [0.5, 0.6) is 11.5 Å². The first-order chi connectivity index (χ1) is 12.5. The summed E-state index contributed by atoms with van der Waals surface area (Å²) in [5, 5.41) is 0. The molecule has 1 atom stereocenters. The lowest BCUT2D eigenvalue weighted by molar-refractivity contribution is -0.143. The van der Waals surface area contributed by atoms with Gasteiger partial charge in [0.2, 0.25) is 6.79 Å². The monoisotopic (exact) mass is 390 g/mol. The molecule has 0 aromatic heterocycles. The topological polar surface area (TPSA) is 44.8 Å². The van der Waals surface area contributed by atoms with Crippen LogP contribution < -0.4 is 9.47 Å². The van der Waals surface area contributed by atoms with Crippen LogP contribution in [0.15, 0.2) is 30.3 Å². The first kappa shape index (κ1) is 17.5. The first-order valence-electron chi connectivity index (χ1n) is 7.48. The number of hydrogen-bond acceptors (Lipinski definition) is 4. The van der Waals surface area contributed by atoms with E-state index in [2.05, 4.69) is 0 Å². The summed E-state index contributed by atoms with van der Waals surface area (Å²) in [6.07, 6.45) is -11.4. The van der Waals surface area contributed by atoms with Gasteiger partial charge in [-0.1, -0.05) is 0 Å². The molecule has 4 nitrogen and oxygen atoms in total. The molecule has 0 radical (unpaired) electrons. The third kappa shape index (κ3) is 2.94. The van der Waals surface area contributed by atoms with E-state index in [0.29, 0.717) is 12.1 Å². The van der Waals surface area contributed by atoms with Crippen LogP contribution in [-0.4, -0.2) is 12.8 Å². The molecule has 0 N–H and O–H groups in total. The van der Waals surface area contributed by atoms with Gasteiger partial charge < -0.3 is 14.2 Å². The second-order valence-corrected chi connectivity index (χ2v) is 5.92. The molecule has 0 fully saturated rings. The van der Waals surface area contributed by atoms with Crippen LogP contribution in [0.4, 0.5) is 26.3 Å². The number of halogens is 6. The van der Waals surface area contributed by atoms with E-state index in [9.17, 15) is 31.1 Å². The Morgan fingerprint density at radius 1 is 0.815 bits per heavy atom. The smallest absolute Gasteiger partial charge is 0.416 e. The van der Waals surface area contributed by atoms with Crippen LogP contribution in [0.2, 0.25) is 0 Å². The molecular formula is C17H8F6O4. The van der Waals surface area contributed by atoms with Crippen LogP contribution in [0.25, 0.3) is 0 Å². The average Bonchev–Trinajstić information content (AvgIpc) is 3.15. The molecule has 2 heterocycles. The number of fused-ring (bicyclic) bond motifs is 2. The summed E-state index contributed by atoms with van der Waals surface area (Å²) in [4.78, 5) is 12.0. The molecule has 27 heavy (non-hydrogen) atoms. The SMILES string of the molecule is O=C1OC(c2cc(C(F)(F)F)cc(C(F)(F)F)c2)c2cc3c(cc21)OCO3. The van der Waals surface area contributed by atoms with Gasteiger partial charge in [0.05, 0.1) is 16.7 Å². The normalized spacial score (nSPS) is 18.4. The van der Waals surface area contributed by atoms with Crippen molar-refractivity contribution in [3.05, 3.63) is 58.1 Å². The summed E-state index contributed by atoms with van der Waals surface area (Å²) < 4.78 is 93.7. The molecule has 1 unspecified atom stereocenters. The second-order valence-electron chi connectivity index (χ2n) is 5.92. The largest absolute Gasteiger partial charge is 0.454 e. The average molecular weight is 390 g/mol. The van der Waals surface area contributed by atoms with Crippen molar-refractivity contribution < 1.29 is 45.3 Å². The summed E-state index contributed by atoms with van der Waals surface area (Å²) in [5.74, 6) is -0.411. The zero-order valence-electron chi connectivity index (χ0n) is 13.1. The minimum Gasteiger partial charge on any atom is -0.454 e. The van der Waals surface area contributed by atoms with Crippen molar-refractivity contribution in [2.45, 2.75) is 18.5 Å². The fourth-order valence-electron chi connectivity index (χ4n) is 2.96. The van der Waals surface area contributed by atoms with Crippen molar-refractivity contribution in [3.8, 4) is 11.5 Å². The van der Waals surface area contributed by atoms with Crippen molar-refractivity contribution in [2.75, 3.05) is 6.79 Å². The maximum atomic E-state index is 13.1. The summed E-state index contributed by atoms with van der Waals surface area (Å²) in [5.41, 5.74) is -3.31. The van der Waals surface area contributed by atoms with Gasteiger partial charge in [-0.2, -0.15) is 26.3 Å². The van der Waals surface area contributed by atoms with Gasteiger partial charge in [-0.15, -0.1) is 0 Å².